The van der Waals surface area contributed by atoms with E-state index in [1.165, 1.54) is 12.8 Å². The Morgan fingerprint density at radius 3 is 2.89 bits per heavy atom. The molecule has 0 radical (unpaired) electrons. The molecule has 0 N–H and O–H groups in total. The van der Waals surface area contributed by atoms with Gasteiger partial charge in [0.15, 0.2) is 0 Å². The van der Waals surface area contributed by atoms with E-state index in [4.69, 9.17) is 4.74 Å². The van der Waals surface area contributed by atoms with Gasteiger partial charge >= 0.3 is 5.97 Å². The quantitative estimate of drug-likeness (QED) is 0.774. The minimum absolute atomic E-state index is 0.0610. The maximum absolute atomic E-state index is 11.7. The summed E-state index contributed by atoms with van der Waals surface area (Å²) in [6, 6.07) is 10.1. The van der Waals surface area contributed by atoms with E-state index in [1.54, 1.807) is 0 Å². The molecular formula is C15H16N2O2. The first kappa shape index (κ1) is 12.0. The fourth-order valence-corrected chi connectivity index (χ4v) is 2.62. The van der Waals surface area contributed by atoms with Crippen LogP contribution in [0.4, 0.5) is 0 Å². The molecule has 3 rings (SSSR count). The third-order valence-corrected chi connectivity index (χ3v) is 3.66. The second kappa shape index (κ2) is 4.88. The van der Waals surface area contributed by atoms with Crippen LogP contribution in [0.25, 0.3) is 11.4 Å². The maximum atomic E-state index is 11.7. The Balaban J connectivity index is 1.95. The van der Waals surface area contributed by atoms with Gasteiger partial charge in [-0.1, -0.05) is 30.3 Å². The number of carbonyl (C=O) groups excluding carboxylic acids is 1. The molecule has 0 saturated carbocycles. The van der Waals surface area contributed by atoms with Crippen LogP contribution in [0.3, 0.4) is 0 Å². The summed E-state index contributed by atoms with van der Waals surface area (Å²) in [5.74, 6) is 0.747. The van der Waals surface area contributed by atoms with Crippen LogP contribution in [0, 0.1) is 5.92 Å². The van der Waals surface area contributed by atoms with Crippen molar-refractivity contribution in [2.45, 2.75) is 19.4 Å². The summed E-state index contributed by atoms with van der Waals surface area (Å²) in [6.07, 6.45) is 3.63. The summed E-state index contributed by atoms with van der Waals surface area (Å²) in [6.45, 7) is 0.659. The molecule has 1 aromatic heterocycles. The number of carbonyl (C=O) groups is 1. The highest BCUT2D eigenvalue weighted by Crippen LogP contribution is 2.27. The topological polar surface area (TPSA) is 44.1 Å². The summed E-state index contributed by atoms with van der Waals surface area (Å²) in [4.78, 5) is 16.2. The van der Waals surface area contributed by atoms with Crippen molar-refractivity contribution in [1.29, 1.82) is 0 Å². The van der Waals surface area contributed by atoms with Crippen LogP contribution in [-0.2, 0) is 22.5 Å². The normalized spacial score (nSPS) is 17.8. The molecule has 1 aromatic carbocycles. The number of methoxy groups -OCH3 is 1. The van der Waals surface area contributed by atoms with Crippen molar-refractivity contribution in [2.75, 3.05) is 7.11 Å². The van der Waals surface area contributed by atoms with E-state index in [0.717, 1.165) is 24.2 Å². The highest BCUT2D eigenvalue weighted by Gasteiger charge is 2.27. The molecule has 1 atom stereocenters. The van der Waals surface area contributed by atoms with Gasteiger partial charge in [-0.2, -0.15) is 0 Å². The second-order valence-electron chi connectivity index (χ2n) is 4.81. The predicted molar refractivity (Wildman–Crippen MR) is 71.5 cm³/mol. The number of nitrogens with zero attached hydrogens (tertiary/aromatic N) is 2. The van der Waals surface area contributed by atoms with Gasteiger partial charge in [0.2, 0.25) is 0 Å². The second-order valence-corrected chi connectivity index (χ2v) is 4.81. The molecule has 4 heteroatoms. The van der Waals surface area contributed by atoms with Gasteiger partial charge < -0.3 is 9.30 Å². The van der Waals surface area contributed by atoms with E-state index in [1.807, 2.05) is 36.5 Å². The summed E-state index contributed by atoms with van der Waals surface area (Å²) >= 11 is 0. The lowest BCUT2D eigenvalue weighted by molar-refractivity contribution is -0.146. The lowest BCUT2D eigenvalue weighted by atomic mass is 9.98. The zero-order valence-electron chi connectivity index (χ0n) is 10.9. The number of imidazole rings is 1. The molecule has 2 aromatic rings. The number of aromatic nitrogens is 2. The number of hydrogen-bond acceptors (Lipinski definition) is 3. The van der Waals surface area contributed by atoms with Gasteiger partial charge in [-0.15, -0.1) is 0 Å². The van der Waals surface area contributed by atoms with Crippen LogP contribution in [0.1, 0.15) is 12.1 Å². The summed E-state index contributed by atoms with van der Waals surface area (Å²) < 4.78 is 6.99. The summed E-state index contributed by atoms with van der Waals surface area (Å²) in [7, 11) is 1.45. The van der Waals surface area contributed by atoms with E-state index < -0.39 is 0 Å². The van der Waals surface area contributed by atoms with Gasteiger partial charge in [0, 0.05) is 24.0 Å². The SMILES string of the molecule is COC(=O)C1CCc2cnc(-c3ccccc3)n2C1. The van der Waals surface area contributed by atoms with E-state index >= 15 is 0 Å². The fourth-order valence-electron chi connectivity index (χ4n) is 2.62. The number of rotatable bonds is 2. The molecule has 4 nitrogen and oxygen atoms in total. The zero-order valence-corrected chi connectivity index (χ0v) is 10.9. The number of benzene rings is 1. The zero-order chi connectivity index (χ0) is 13.2. The van der Waals surface area contributed by atoms with E-state index in [2.05, 4.69) is 9.55 Å². The van der Waals surface area contributed by atoms with Crippen LogP contribution in [0.2, 0.25) is 0 Å². The van der Waals surface area contributed by atoms with Crippen molar-refractivity contribution in [3.8, 4) is 11.4 Å². The van der Waals surface area contributed by atoms with Gasteiger partial charge in [-0.25, -0.2) is 4.98 Å². The van der Waals surface area contributed by atoms with E-state index in [-0.39, 0.29) is 11.9 Å². The molecule has 1 aliphatic heterocycles. The van der Waals surface area contributed by atoms with Crippen molar-refractivity contribution in [1.82, 2.24) is 9.55 Å². The molecule has 0 spiro atoms. The number of esters is 1. The Morgan fingerprint density at radius 2 is 2.16 bits per heavy atom. The molecule has 1 aliphatic rings. The smallest absolute Gasteiger partial charge is 0.310 e. The highest BCUT2D eigenvalue weighted by atomic mass is 16.5. The fraction of sp³-hybridized carbons (Fsp3) is 0.333. The van der Waals surface area contributed by atoms with Gasteiger partial charge in [0.05, 0.1) is 13.0 Å². The van der Waals surface area contributed by atoms with Crippen LogP contribution in [0.5, 0.6) is 0 Å². The maximum Gasteiger partial charge on any atom is 0.310 e. The van der Waals surface area contributed by atoms with Crippen LogP contribution in [0.15, 0.2) is 36.5 Å². The standard InChI is InChI=1S/C15H16N2O2/c1-19-15(18)12-7-8-13-9-16-14(17(13)10-12)11-5-3-2-4-6-11/h2-6,9,12H,7-8,10H2,1H3. The Bertz CT molecular complexity index is 589. The van der Waals surface area contributed by atoms with Crippen molar-refractivity contribution in [2.24, 2.45) is 5.92 Å². The van der Waals surface area contributed by atoms with Crippen molar-refractivity contribution in [3.05, 3.63) is 42.2 Å². The third-order valence-electron chi connectivity index (χ3n) is 3.66. The number of aryl methyl sites for hydroxylation is 1. The highest BCUT2D eigenvalue weighted by molar-refractivity contribution is 5.72. The monoisotopic (exact) mass is 256 g/mol. The summed E-state index contributed by atoms with van der Waals surface area (Å²) in [5.41, 5.74) is 2.28. The number of hydrogen-bond donors (Lipinski definition) is 0. The Hall–Kier alpha value is -2.10. The first-order valence-corrected chi connectivity index (χ1v) is 6.47. The molecule has 0 saturated heterocycles. The van der Waals surface area contributed by atoms with E-state index in [9.17, 15) is 4.79 Å². The van der Waals surface area contributed by atoms with Crippen LogP contribution in [-0.4, -0.2) is 22.6 Å². The molecule has 98 valence electrons. The first-order valence-electron chi connectivity index (χ1n) is 6.47. The lowest BCUT2D eigenvalue weighted by Crippen LogP contribution is -2.27. The average molecular weight is 256 g/mol. The minimum atomic E-state index is -0.127. The number of fused-ring (bicyclic) bond motifs is 1. The molecule has 0 fully saturated rings. The minimum Gasteiger partial charge on any atom is -0.469 e. The third kappa shape index (κ3) is 2.14. The van der Waals surface area contributed by atoms with Gasteiger partial charge in [0.25, 0.3) is 0 Å². The summed E-state index contributed by atoms with van der Waals surface area (Å²) in [5, 5.41) is 0. The molecule has 1 unspecified atom stereocenters. The largest absolute Gasteiger partial charge is 0.469 e. The molecular weight excluding hydrogens is 240 g/mol. The molecule has 0 aliphatic carbocycles. The van der Waals surface area contributed by atoms with Crippen LogP contribution >= 0.6 is 0 Å². The van der Waals surface area contributed by atoms with Gasteiger partial charge in [-0.05, 0) is 12.8 Å². The Morgan fingerprint density at radius 1 is 1.37 bits per heavy atom. The predicted octanol–water partition coefficient (Wildman–Crippen LogP) is 2.29. The Labute approximate surface area is 112 Å². The Kier molecular flexibility index (Phi) is 3.07. The molecule has 2 heterocycles. The van der Waals surface area contributed by atoms with Crippen molar-refractivity contribution in [3.63, 3.8) is 0 Å². The van der Waals surface area contributed by atoms with Gasteiger partial charge in [0.1, 0.15) is 5.82 Å². The lowest BCUT2D eigenvalue weighted by Gasteiger charge is -2.23. The molecule has 0 amide bonds. The van der Waals surface area contributed by atoms with E-state index in [0.29, 0.717) is 6.54 Å². The average Bonchev–Trinajstić information content (AvgIpc) is 2.90. The van der Waals surface area contributed by atoms with Crippen molar-refractivity contribution < 1.29 is 9.53 Å². The van der Waals surface area contributed by atoms with Crippen molar-refractivity contribution >= 4 is 5.97 Å². The van der Waals surface area contributed by atoms with Crippen LogP contribution < -0.4 is 0 Å². The molecule has 19 heavy (non-hydrogen) atoms. The van der Waals surface area contributed by atoms with Gasteiger partial charge in [-0.3, -0.25) is 4.79 Å². The first-order chi connectivity index (χ1) is 9.29. The molecule has 0 bridgehead atoms. The number of ether oxygens (including phenoxy) is 1.